The van der Waals surface area contributed by atoms with Crippen LogP contribution >= 0.6 is 0 Å². The summed E-state index contributed by atoms with van der Waals surface area (Å²) in [6, 6.07) is 17.1. The van der Waals surface area contributed by atoms with Gasteiger partial charge < -0.3 is 0 Å². The van der Waals surface area contributed by atoms with Gasteiger partial charge in [0.25, 0.3) is 0 Å². The summed E-state index contributed by atoms with van der Waals surface area (Å²) in [5.74, 6) is 0. The number of aromatic nitrogens is 1. The minimum atomic E-state index is 1.05. The second-order valence-electron chi connectivity index (χ2n) is 5.16. The highest BCUT2D eigenvalue weighted by Gasteiger charge is 2.06. The SMILES string of the molecule is Cc1cc(C)c2nc(-c3ccccc3C)ccc2c1. The van der Waals surface area contributed by atoms with E-state index < -0.39 is 0 Å². The van der Waals surface area contributed by atoms with Crippen molar-refractivity contribution in [3.05, 3.63) is 65.2 Å². The first-order valence-corrected chi connectivity index (χ1v) is 6.59. The molecule has 0 atom stereocenters. The molecule has 0 bridgehead atoms. The number of rotatable bonds is 1. The fourth-order valence-corrected chi connectivity index (χ4v) is 2.61. The highest BCUT2D eigenvalue weighted by atomic mass is 14.7. The lowest BCUT2D eigenvalue weighted by atomic mass is 10.0. The largest absolute Gasteiger partial charge is 0.248 e. The van der Waals surface area contributed by atoms with Crippen LogP contribution in [0.4, 0.5) is 0 Å². The van der Waals surface area contributed by atoms with Gasteiger partial charge in [-0.05, 0) is 44.0 Å². The van der Waals surface area contributed by atoms with Crippen molar-refractivity contribution in [3.63, 3.8) is 0 Å². The molecular formula is C18H17N. The Morgan fingerprint density at radius 3 is 2.37 bits per heavy atom. The zero-order valence-corrected chi connectivity index (χ0v) is 11.6. The fraction of sp³-hybridized carbons (Fsp3) is 0.167. The van der Waals surface area contributed by atoms with Crippen LogP contribution in [0.1, 0.15) is 16.7 Å². The molecular weight excluding hydrogens is 230 g/mol. The van der Waals surface area contributed by atoms with Crippen molar-refractivity contribution in [1.29, 1.82) is 0 Å². The summed E-state index contributed by atoms with van der Waals surface area (Å²) in [6.45, 7) is 6.38. The molecule has 19 heavy (non-hydrogen) atoms. The van der Waals surface area contributed by atoms with Gasteiger partial charge in [0.2, 0.25) is 0 Å². The van der Waals surface area contributed by atoms with Gasteiger partial charge in [0.05, 0.1) is 11.2 Å². The highest BCUT2D eigenvalue weighted by Crippen LogP contribution is 2.25. The first-order valence-electron chi connectivity index (χ1n) is 6.59. The van der Waals surface area contributed by atoms with Crippen molar-refractivity contribution in [2.45, 2.75) is 20.8 Å². The summed E-state index contributed by atoms with van der Waals surface area (Å²) in [7, 11) is 0. The van der Waals surface area contributed by atoms with Crippen LogP contribution in [0.15, 0.2) is 48.5 Å². The Morgan fingerprint density at radius 1 is 0.789 bits per heavy atom. The molecule has 2 aromatic carbocycles. The zero-order valence-electron chi connectivity index (χ0n) is 11.6. The molecule has 1 heterocycles. The molecule has 0 aliphatic carbocycles. The van der Waals surface area contributed by atoms with Crippen LogP contribution in [0.25, 0.3) is 22.2 Å². The van der Waals surface area contributed by atoms with Crippen LogP contribution in [0.2, 0.25) is 0 Å². The van der Waals surface area contributed by atoms with Gasteiger partial charge in [-0.25, -0.2) is 4.98 Å². The number of aryl methyl sites for hydroxylation is 3. The molecule has 0 saturated heterocycles. The topological polar surface area (TPSA) is 12.9 Å². The van der Waals surface area contributed by atoms with E-state index in [1.165, 1.54) is 27.6 Å². The minimum absolute atomic E-state index is 1.05. The Balaban J connectivity index is 2.25. The van der Waals surface area contributed by atoms with Crippen molar-refractivity contribution in [3.8, 4) is 11.3 Å². The second kappa shape index (κ2) is 4.51. The average Bonchev–Trinajstić information content (AvgIpc) is 2.39. The third-order valence-electron chi connectivity index (χ3n) is 3.55. The molecule has 94 valence electrons. The molecule has 0 spiro atoms. The monoisotopic (exact) mass is 247 g/mol. The van der Waals surface area contributed by atoms with Gasteiger partial charge in [0, 0.05) is 10.9 Å². The number of hydrogen-bond acceptors (Lipinski definition) is 1. The number of fused-ring (bicyclic) bond motifs is 1. The maximum absolute atomic E-state index is 4.85. The molecule has 0 aliphatic rings. The van der Waals surface area contributed by atoms with E-state index in [4.69, 9.17) is 4.98 Å². The highest BCUT2D eigenvalue weighted by molar-refractivity contribution is 5.85. The van der Waals surface area contributed by atoms with Crippen LogP contribution in [-0.2, 0) is 0 Å². The summed E-state index contributed by atoms with van der Waals surface area (Å²) < 4.78 is 0. The maximum atomic E-state index is 4.85. The van der Waals surface area contributed by atoms with E-state index in [2.05, 4.69) is 69.3 Å². The molecule has 3 rings (SSSR count). The summed E-state index contributed by atoms with van der Waals surface area (Å²) >= 11 is 0. The summed E-state index contributed by atoms with van der Waals surface area (Å²) in [5.41, 5.74) is 7.16. The van der Waals surface area contributed by atoms with E-state index in [0.29, 0.717) is 0 Å². The van der Waals surface area contributed by atoms with Gasteiger partial charge in [-0.15, -0.1) is 0 Å². The summed E-state index contributed by atoms with van der Waals surface area (Å²) in [4.78, 5) is 4.85. The molecule has 0 saturated carbocycles. The predicted molar refractivity (Wildman–Crippen MR) is 81.4 cm³/mol. The Bertz CT molecular complexity index is 757. The molecule has 3 aromatic rings. The third-order valence-corrected chi connectivity index (χ3v) is 3.55. The zero-order chi connectivity index (χ0) is 13.4. The lowest BCUT2D eigenvalue weighted by molar-refractivity contribution is 1.32. The van der Waals surface area contributed by atoms with E-state index >= 15 is 0 Å². The molecule has 1 nitrogen and oxygen atoms in total. The van der Waals surface area contributed by atoms with E-state index in [0.717, 1.165) is 11.2 Å². The molecule has 1 heteroatoms. The Hall–Kier alpha value is -2.15. The Morgan fingerprint density at radius 2 is 1.58 bits per heavy atom. The second-order valence-corrected chi connectivity index (χ2v) is 5.16. The van der Waals surface area contributed by atoms with Crippen LogP contribution < -0.4 is 0 Å². The average molecular weight is 247 g/mol. The van der Waals surface area contributed by atoms with Gasteiger partial charge >= 0.3 is 0 Å². The van der Waals surface area contributed by atoms with E-state index in [-0.39, 0.29) is 0 Å². The first-order chi connectivity index (χ1) is 9.15. The first kappa shape index (κ1) is 11.9. The molecule has 0 unspecified atom stereocenters. The van der Waals surface area contributed by atoms with Gasteiger partial charge in [0.15, 0.2) is 0 Å². The van der Waals surface area contributed by atoms with Crippen molar-refractivity contribution < 1.29 is 0 Å². The molecule has 0 N–H and O–H groups in total. The number of pyridine rings is 1. The predicted octanol–water partition coefficient (Wildman–Crippen LogP) is 4.83. The van der Waals surface area contributed by atoms with Crippen molar-refractivity contribution in [2.75, 3.05) is 0 Å². The standard InChI is InChI=1S/C18H17N/c1-12-10-14(3)18-15(11-12)8-9-17(19-18)16-7-5-4-6-13(16)2/h4-11H,1-3H3. The lowest BCUT2D eigenvalue weighted by Gasteiger charge is -2.08. The molecule has 0 amide bonds. The Labute approximate surface area is 113 Å². The van der Waals surface area contributed by atoms with Gasteiger partial charge in [-0.1, -0.05) is 42.0 Å². The van der Waals surface area contributed by atoms with Gasteiger partial charge in [-0.2, -0.15) is 0 Å². The number of nitrogens with zero attached hydrogens (tertiary/aromatic N) is 1. The van der Waals surface area contributed by atoms with Gasteiger partial charge in [-0.3, -0.25) is 0 Å². The minimum Gasteiger partial charge on any atom is -0.248 e. The normalized spacial score (nSPS) is 10.9. The van der Waals surface area contributed by atoms with Crippen molar-refractivity contribution in [1.82, 2.24) is 4.98 Å². The molecule has 0 fully saturated rings. The molecule has 0 radical (unpaired) electrons. The number of hydrogen-bond donors (Lipinski definition) is 0. The van der Waals surface area contributed by atoms with E-state index in [1.807, 2.05) is 0 Å². The summed E-state index contributed by atoms with van der Waals surface area (Å²) in [5, 5.41) is 1.22. The van der Waals surface area contributed by atoms with Crippen LogP contribution in [0.5, 0.6) is 0 Å². The fourth-order valence-electron chi connectivity index (χ4n) is 2.61. The smallest absolute Gasteiger partial charge is 0.0738 e. The van der Waals surface area contributed by atoms with Crippen molar-refractivity contribution >= 4 is 10.9 Å². The maximum Gasteiger partial charge on any atom is 0.0738 e. The van der Waals surface area contributed by atoms with Crippen molar-refractivity contribution in [2.24, 2.45) is 0 Å². The van der Waals surface area contributed by atoms with Crippen LogP contribution in [0, 0.1) is 20.8 Å². The molecule has 0 aliphatic heterocycles. The van der Waals surface area contributed by atoms with Gasteiger partial charge in [0.1, 0.15) is 0 Å². The third kappa shape index (κ3) is 2.12. The van der Waals surface area contributed by atoms with E-state index in [1.54, 1.807) is 0 Å². The number of benzene rings is 2. The lowest BCUT2D eigenvalue weighted by Crippen LogP contribution is -1.90. The Kier molecular flexibility index (Phi) is 2.83. The van der Waals surface area contributed by atoms with Crippen LogP contribution in [-0.4, -0.2) is 4.98 Å². The molecule has 1 aromatic heterocycles. The summed E-state index contributed by atoms with van der Waals surface area (Å²) in [6.07, 6.45) is 0. The van der Waals surface area contributed by atoms with Crippen LogP contribution in [0.3, 0.4) is 0 Å². The van der Waals surface area contributed by atoms with E-state index in [9.17, 15) is 0 Å². The quantitative estimate of drug-likeness (QED) is 0.600.